The lowest BCUT2D eigenvalue weighted by Crippen LogP contribution is -2.37. The summed E-state index contributed by atoms with van der Waals surface area (Å²) >= 11 is 1.97. The molecular formula is C18H32N2S. The van der Waals surface area contributed by atoms with E-state index in [9.17, 15) is 0 Å². The first-order valence-electron chi connectivity index (χ1n) is 8.57. The van der Waals surface area contributed by atoms with Crippen molar-refractivity contribution in [3.05, 3.63) is 21.4 Å². The van der Waals surface area contributed by atoms with Crippen LogP contribution in [-0.4, -0.2) is 24.5 Å². The van der Waals surface area contributed by atoms with Crippen LogP contribution in [0.3, 0.4) is 0 Å². The Bertz CT molecular complexity index is 430. The van der Waals surface area contributed by atoms with Crippen molar-refractivity contribution in [2.24, 2.45) is 5.41 Å². The van der Waals surface area contributed by atoms with Gasteiger partial charge in [0.15, 0.2) is 0 Å². The lowest BCUT2D eigenvalue weighted by Gasteiger charge is -2.38. The van der Waals surface area contributed by atoms with Gasteiger partial charge in [-0.15, -0.1) is 11.3 Å². The molecule has 0 saturated carbocycles. The number of aryl methyl sites for hydroxylation is 1. The monoisotopic (exact) mass is 308 g/mol. The first-order valence-corrected chi connectivity index (χ1v) is 9.39. The van der Waals surface area contributed by atoms with Gasteiger partial charge >= 0.3 is 0 Å². The highest BCUT2D eigenvalue weighted by atomic mass is 32.1. The summed E-state index contributed by atoms with van der Waals surface area (Å²) in [6, 6.07) is 2.43. The molecular weight excluding hydrogens is 276 g/mol. The third-order valence-electron chi connectivity index (χ3n) is 5.11. The molecule has 3 heteroatoms. The van der Waals surface area contributed by atoms with Crippen LogP contribution in [0.25, 0.3) is 0 Å². The van der Waals surface area contributed by atoms with Gasteiger partial charge in [-0.1, -0.05) is 27.2 Å². The number of rotatable bonds is 7. The summed E-state index contributed by atoms with van der Waals surface area (Å²) in [5.74, 6) is 0. The molecule has 2 rings (SSSR count). The van der Waals surface area contributed by atoms with Crippen LogP contribution in [0.4, 0.5) is 0 Å². The highest BCUT2D eigenvalue weighted by Crippen LogP contribution is 2.35. The van der Waals surface area contributed by atoms with Crippen LogP contribution in [0.2, 0.25) is 0 Å². The van der Waals surface area contributed by atoms with E-state index in [0.29, 0.717) is 5.41 Å². The zero-order chi connectivity index (χ0) is 15.3. The lowest BCUT2D eigenvalue weighted by atomic mass is 9.78. The zero-order valence-corrected chi connectivity index (χ0v) is 15.1. The average molecular weight is 309 g/mol. The molecule has 2 nitrogen and oxygen atoms in total. The zero-order valence-electron chi connectivity index (χ0n) is 14.3. The molecule has 1 N–H and O–H groups in total. The smallest absolute Gasteiger partial charge is 0.0299 e. The van der Waals surface area contributed by atoms with E-state index in [0.717, 1.165) is 19.6 Å². The van der Waals surface area contributed by atoms with Crippen LogP contribution in [0.5, 0.6) is 0 Å². The lowest BCUT2D eigenvalue weighted by molar-refractivity contribution is 0.109. The van der Waals surface area contributed by atoms with Gasteiger partial charge in [0.2, 0.25) is 0 Å². The average Bonchev–Trinajstić information content (AvgIpc) is 2.82. The van der Waals surface area contributed by atoms with Gasteiger partial charge in [-0.05, 0) is 62.9 Å². The minimum Gasteiger partial charge on any atom is -0.312 e. The number of hydrogen-bond donors (Lipinski definition) is 1. The number of likely N-dealkylation sites (tertiary alicyclic amines) is 1. The standard InChI is InChI=1S/C18H32N2S/c1-5-9-19-13-17-12-16(15(3)21-17)14-20-10-7-18(4,6-2)8-11-20/h12,19H,5-11,13-14H2,1-4H3. The number of thiophene rings is 1. The first-order chi connectivity index (χ1) is 10.1. The molecule has 0 atom stereocenters. The van der Waals surface area contributed by atoms with Crippen LogP contribution in [0.15, 0.2) is 6.07 Å². The van der Waals surface area contributed by atoms with Crippen LogP contribution in [0, 0.1) is 12.3 Å². The fourth-order valence-corrected chi connectivity index (χ4v) is 4.09. The van der Waals surface area contributed by atoms with E-state index in [1.807, 2.05) is 11.3 Å². The second-order valence-corrected chi connectivity index (χ2v) is 8.25. The van der Waals surface area contributed by atoms with Gasteiger partial charge in [-0.25, -0.2) is 0 Å². The second kappa shape index (κ2) is 7.75. The third-order valence-corrected chi connectivity index (χ3v) is 6.20. The van der Waals surface area contributed by atoms with Gasteiger partial charge in [0.05, 0.1) is 0 Å². The number of nitrogens with one attached hydrogen (secondary N) is 1. The van der Waals surface area contributed by atoms with Crippen molar-refractivity contribution in [2.45, 2.75) is 66.5 Å². The van der Waals surface area contributed by atoms with Gasteiger partial charge in [-0.2, -0.15) is 0 Å². The van der Waals surface area contributed by atoms with Crippen LogP contribution < -0.4 is 5.32 Å². The number of nitrogens with zero attached hydrogens (tertiary/aromatic N) is 1. The molecule has 120 valence electrons. The topological polar surface area (TPSA) is 15.3 Å². The summed E-state index contributed by atoms with van der Waals surface area (Å²) in [7, 11) is 0. The van der Waals surface area contributed by atoms with Crippen molar-refractivity contribution >= 4 is 11.3 Å². The minimum absolute atomic E-state index is 0.593. The Labute approximate surface area is 134 Å². The fraction of sp³-hybridized carbons (Fsp3) is 0.778. The normalized spacial score (nSPS) is 19.0. The second-order valence-electron chi connectivity index (χ2n) is 6.91. The maximum Gasteiger partial charge on any atom is 0.0299 e. The van der Waals surface area contributed by atoms with Gasteiger partial charge in [0, 0.05) is 22.8 Å². The maximum atomic E-state index is 3.51. The molecule has 0 radical (unpaired) electrons. The quantitative estimate of drug-likeness (QED) is 0.742. The predicted molar refractivity (Wildman–Crippen MR) is 94.0 cm³/mol. The molecule has 1 saturated heterocycles. The summed E-state index contributed by atoms with van der Waals surface area (Å²) in [5, 5.41) is 3.51. The first kappa shape index (κ1) is 17.0. The Balaban J connectivity index is 1.86. The number of hydrogen-bond acceptors (Lipinski definition) is 3. The van der Waals surface area contributed by atoms with E-state index in [4.69, 9.17) is 0 Å². The summed E-state index contributed by atoms with van der Waals surface area (Å²) in [6.07, 6.45) is 5.25. The van der Waals surface area contributed by atoms with Crippen molar-refractivity contribution < 1.29 is 0 Å². The number of piperidine rings is 1. The highest BCUT2D eigenvalue weighted by Gasteiger charge is 2.28. The molecule has 0 bridgehead atoms. The molecule has 0 aliphatic carbocycles. The molecule has 1 aromatic rings. The Morgan fingerprint density at radius 3 is 2.62 bits per heavy atom. The van der Waals surface area contributed by atoms with E-state index in [1.54, 1.807) is 5.56 Å². The van der Waals surface area contributed by atoms with Crippen molar-refractivity contribution in [3.63, 3.8) is 0 Å². The van der Waals surface area contributed by atoms with Gasteiger partial charge in [-0.3, -0.25) is 4.90 Å². The molecule has 0 spiro atoms. The summed E-state index contributed by atoms with van der Waals surface area (Å²) < 4.78 is 0. The van der Waals surface area contributed by atoms with E-state index < -0.39 is 0 Å². The summed E-state index contributed by atoms with van der Waals surface area (Å²) in [5.41, 5.74) is 2.14. The van der Waals surface area contributed by atoms with Gasteiger partial charge in [0.25, 0.3) is 0 Å². The van der Waals surface area contributed by atoms with Crippen LogP contribution in [-0.2, 0) is 13.1 Å². The fourth-order valence-electron chi connectivity index (χ4n) is 3.07. The molecule has 0 amide bonds. The molecule has 1 aromatic heterocycles. The van der Waals surface area contributed by atoms with E-state index in [-0.39, 0.29) is 0 Å². The highest BCUT2D eigenvalue weighted by molar-refractivity contribution is 7.12. The Morgan fingerprint density at radius 2 is 2.00 bits per heavy atom. The third kappa shape index (κ3) is 4.80. The summed E-state index contributed by atoms with van der Waals surface area (Å²) in [4.78, 5) is 5.65. The molecule has 2 heterocycles. The minimum atomic E-state index is 0.593. The predicted octanol–water partition coefficient (Wildman–Crippen LogP) is 4.57. The molecule has 1 aliphatic rings. The molecule has 21 heavy (non-hydrogen) atoms. The maximum absolute atomic E-state index is 3.51. The largest absolute Gasteiger partial charge is 0.312 e. The molecule has 0 unspecified atom stereocenters. The van der Waals surface area contributed by atoms with Crippen molar-refractivity contribution in [1.29, 1.82) is 0 Å². The summed E-state index contributed by atoms with van der Waals surface area (Å²) in [6.45, 7) is 15.1. The van der Waals surface area contributed by atoms with Gasteiger partial charge in [0.1, 0.15) is 0 Å². The van der Waals surface area contributed by atoms with E-state index in [1.165, 1.54) is 48.5 Å². The molecule has 1 aliphatic heterocycles. The van der Waals surface area contributed by atoms with Crippen LogP contribution >= 0.6 is 11.3 Å². The van der Waals surface area contributed by atoms with Crippen molar-refractivity contribution in [2.75, 3.05) is 19.6 Å². The van der Waals surface area contributed by atoms with Crippen molar-refractivity contribution in [1.82, 2.24) is 10.2 Å². The van der Waals surface area contributed by atoms with E-state index >= 15 is 0 Å². The van der Waals surface area contributed by atoms with Crippen molar-refractivity contribution in [3.8, 4) is 0 Å². The molecule has 0 aromatic carbocycles. The Morgan fingerprint density at radius 1 is 1.29 bits per heavy atom. The Kier molecular flexibility index (Phi) is 6.27. The van der Waals surface area contributed by atoms with E-state index in [2.05, 4.69) is 44.0 Å². The molecule has 1 fully saturated rings. The van der Waals surface area contributed by atoms with Gasteiger partial charge < -0.3 is 5.32 Å². The SMILES string of the molecule is CCCNCc1cc(CN2CCC(C)(CC)CC2)c(C)s1. The van der Waals surface area contributed by atoms with Crippen LogP contribution in [0.1, 0.15) is 61.8 Å². The Hall–Kier alpha value is -0.380.